The first-order valence-electron chi connectivity index (χ1n) is 7.46. The van der Waals surface area contributed by atoms with E-state index in [9.17, 15) is 0 Å². The number of hydrogen-bond donors (Lipinski definition) is 1. The van der Waals surface area contributed by atoms with Crippen LogP contribution in [0.4, 0.5) is 0 Å². The maximum atomic E-state index is 3.67. The van der Waals surface area contributed by atoms with Gasteiger partial charge < -0.3 is 10.2 Å². The SMILES string of the molecule is CCN(CC(C)(C)CNC1CC1)C(C)CN(C)C. The normalized spacial score (nSPS) is 18.7. The van der Waals surface area contributed by atoms with Crippen LogP contribution in [0.15, 0.2) is 0 Å². The minimum absolute atomic E-state index is 0.360. The molecular weight excluding hydrogens is 222 g/mol. The van der Waals surface area contributed by atoms with Gasteiger partial charge in [0.05, 0.1) is 0 Å². The molecular formula is C15H33N3. The first kappa shape index (κ1) is 15.9. The second-order valence-electron chi connectivity index (χ2n) is 6.99. The van der Waals surface area contributed by atoms with E-state index in [1.165, 1.54) is 19.4 Å². The molecule has 0 aromatic heterocycles. The zero-order valence-corrected chi connectivity index (χ0v) is 13.3. The molecule has 108 valence electrons. The van der Waals surface area contributed by atoms with Crippen molar-refractivity contribution < 1.29 is 0 Å². The van der Waals surface area contributed by atoms with Gasteiger partial charge in [0.25, 0.3) is 0 Å². The minimum Gasteiger partial charge on any atom is -0.313 e. The quantitative estimate of drug-likeness (QED) is 0.680. The first-order chi connectivity index (χ1) is 8.34. The average Bonchev–Trinajstić information content (AvgIpc) is 3.06. The summed E-state index contributed by atoms with van der Waals surface area (Å²) >= 11 is 0. The highest BCUT2D eigenvalue weighted by molar-refractivity contribution is 4.86. The number of nitrogens with zero attached hydrogens (tertiary/aromatic N) is 2. The Hall–Kier alpha value is -0.120. The van der Waals surface area contributed by atoms with Gasteiger partial charge >= 0.3 is 0 Å². The van der Waals surface area contributed by atoms with E-state index in [0.29, 0.717) is 11.5 Å². The van der Waals surface area contributed by atoms with E-state index in [2.05, 4.69) is 56.9 Å². The maximum absolute atomic E-state index is 3.67. The molecule has 0 heterocycles. The lowest BCUT2D eigenvalue weighted by Gasteiger charge is -2.37. The average molecular weight is 255 g/mol. The molecule has 0 aromatic carbocycles. The van der Waals surface area contributed by atoms with E-state index in [1.54, 1.807) is 0 Å². The highest BCUT2D eigenvalue weighted by Gasteiger charge is 2.27. The lowest BCUT2D eigenvalue weighted by molar-refractivity contribution is 0.122. The molecule has 1 atom stereocenters. The number of nitrogens with one attached hydrogen (secondary N) is 1. The van der Waals surface area contributed by atoms with Crippen LogP contribution in [0.3, 0.4) is 0 Å². The Morgan fingerprint density at radius 1 is 1.28 bits per heavy atom. The molecule has 0 aliphatic heterocycles. The highest BCUT2D eigenvalue weighted by Crippen LogP contribution is 2.23. The van der Waals surface area contributed by atoms with E-state index >= 15 is 0 Å². The minimum atomic E-state index is 0.360. The fourth-order valence-corrected chi connectivity index (χ4v) is 2.54. The molecule has 1 unspecified atom stereocenters. The van der Waals surface area contributed by atoms with Crippen molar-refractivity contribution in [1.82, 2.24) is 15.1 Å². The number of likely N-dealkylation sites (N-methyl/N-ethyl adjacent to an activating group) is 2. The number of hydrogen-bond acceptors (Lipinski definition) is 3. The molecule has 0 radical (unpaired) electrons. The monoisotopic (exact) mass is 255 g/mol. The topological polar surface area (TPSA) is 18.5 Å². The van der Waals surface area contributed by atoms with Crippen LogP contribution in [-0.2, 0) is 0 Å². The molecule has 0 spiro atoms. The summed E-state index contributed by atoms with van der Waals surface area (Å²) in [6, 6.07) is 1.45. The summed E-state index contributed by atoms with van der Waals surface area (Å²) in [5.41, 5.74) is 0.360. The standard InChI is InChI=1S/C15H33N3/c1-7-18(13(2)10-17(5)6)12-15(3,4)11-16-14-8-9-14/h13-14,16H,7-12H2,1-6H3. The molecule has 1 fully saturated rings. The Balaban J connectivity index is 2.38. The fraction of sp³-hybridized carbons (Fsp3) is 1.00. The molecule has 3 nitrogen and oxygen atoms in total. The van der Waals surface area contributed by atoms with Crippen LogP contribution in [0.1, 0.15) is 40.5 Å². The van der Waals surface area contributed by atoms with Gasteiger partial charge in [-0.2, -0.15) is 0 Å². The Morgan fingerprint density at radius 2 is 1.89 bits per heavy atom. The molecule has 0 amide bonds. The lowest BCUT2D eigenvalue weighted by atomic mass is 9.92. The molecule has 0 aromatic rings. The van der Waals surface area contributed by atoms with E-state index in [4.69, 9.17) is 0 Å². The van der Waals surface area contributed by atoms with Crippen LogP contribution in [0.2, 0.25) is 0 Å². The zero-order chi connectivity index (χ0) is 13.8. The molecule has 1 rings (SSSR count). The molecule has 3 heteroatoms. The third-order valence-electron chi connectivity index (χ3n) is 3.74. The van der Waals surface area contributed by atoms with E-state index in [-0.39, 0.29) is 0 Å². The van der Waals surface area contributed by atoms with E-state index in [0.717, 1.165) is 25.7 Å². The third kappa shape index (κ3) is 6.17. The van der Waals surface area contributed by atoms with Crippen molar-refractivity contribution in [2.75, 3.05) is 40.3 Å². The van der Waals surface area contributed by atoms with Crippen molar-refractivity contribution in [3.63, 3.8) is 0 Å². The number of rotatable bonds is 9. The first-order valence-corrected chi connectivity index (χ1v) is 7.46. The van der Waals surface area contributed by atoms with Gasteiger partial charge in [-0.1, -0.05) is 20.8 Å². The summed E-state index contributed by atoms with van der Waals surface area (Å²) in [6.45, 7) is 14.0. The predicted octanol–water partition coefficient (Wildman–Crippen LogP) is 2.04. The lowest BCUT2D eigenvalue weighted by Crippen LogP contribution is -2.47. The van der Waals surface area contributed by atoms with Crippen LogP contribution in [0, 0.1) is 5.41 Å². The van der Waals surface area contributed by atoms with E-state index < -0.39 is 0 Å². The van der Waals surface area contributed by atoms with Gasteiger partial charge in [-0.3, -0.25) is 4.90 Å². The fourth-order valence-electron chi connectivity index (χ4n) is 2.54. The van der Waals surface area contributed by atoms with Crippen LogP contribution < -0.4 is 5.32 Å². The summed E-state index contributed by atoms with van der Waals surface area (Å²) in [6.07, 6.45) is 2.76. The summed E-state index contributed by atoms with van der Waals surface area (Å²) in [5.74, 6) is 0. The third-order valence-corrected chi connectivity index (χ3v) is 3.74. The van der Waals surface area contributed by atoms with Gasteiger partial charge in [0, 0.05) is 31.7 Å². The molecule has 1 aliphatic carbocycles. The van der Waals surface area contributed by atoms with Gasteiger partial charge in [0.1, 0.15) is 0 Å². The van der Waals surface area contributed by atoms with Crippen molar-refractivity contribution in [2.45, 2.75) is 52.6 Å². The van der Waals surface area contributed by atoms with Crippen LogP contribution in [0.5, 0.6) is 0 Å². The van der Waals surface area contributed by atoms with Gasteiger partial charge in [-0.05, 0) is 45.8 Å². The summed E-state index contributed by atoms with van der Waals surface area (Å²) in [7, 11) is 4.31. The van der Waals surface area contributed by atoms with Crippen LogP contribution in [-0.4, -0.2) is 62.2 Å². The molecule has 1 N–H and O–H groups in total. The molecule has 18 heavy (non-hydrogen) atoms. The van der Waals surface area contributed by atoms with E-state index in [1.807, 2.05) is 0 Å². The van der Waals surface area contributed by atoms with Gasteiger partial charge in [0.15, 0.2) is 0 Å². The van der Waals surface area contributed by atoms with Gasteiger partial charge in [-0.25, -0.2) is 0 Å². The second kappa shape index (κ2) is 6.88. The van der Waals surface area contributed by atoms with Crippen LogP contribution in [0.25, 0.3) is 0 Å². The zero-order valence-electron chi connectivity index (χ0n) is 13.3. The van der Waals surface area contributed by atoms with Crippen molar-refractivity contribution in [3.8, 4) is 0 Å². The largest absolute Gasteiger partial charge is 0.313 e. The summed E-state index contributed by atoms with van der Waals surface area (Å²) in [4.78, 5) is 4.89. The van der Waals surface area contributed by atoms with Crippen molar-refractivity contribution >= 4 is 0 Å². The highest BCUT2D eigenvalue weighted by atomic mass is 15.2. The second-order valence-corrected chi connectivity index (χ2v) is 6.99. The van der Waals surface area contributed by atoms with Crippen LogP contribution >= 0.6 is 0 Å². The van der Waals surface area contributed by atoms with Gasteiger partial charge in [0.2, 0.25) is 0 Å². The molecule has 1 aliphatic rings. The Kier molecular flexibility index (Phi) is 6.09. The summed E-state index contributed by atoms with van der Waals surface area (Å²) in [5, 5.41) is 3.67. The predicted molar refractivity (Wildman–Crippen MR) is 80.1 cm³/mol. The Labute approximate surface area is 114 Å². The molecule has 0 bridgehead atoms. The Morgan fingerprint density at radius 3 is 2.33 bits per heavy atom. The smallest absolute Gasteiger partial charge is 0.0194 e. The van der Waals surface area contributed by atoms with Gasteiger partial charge in [-0.15, -0.1) is 0 Å². The molecule has 1 saturated carbocycles. The van der Waals surface area contributed by atoms with Crippen molar-refractivity contribution in [1.29, 1.82) is 0 Å². The maximum Gasteiger partial charge on any atom is 0.0194 e. The van der Waals surface area contributed by atoms with Crippen molar-refractivity contribution in [3.05, 3.63) is 0 Å². The van der Waals surface area contributed by atoms with Crippen molar-refractivity contribution in [2.24, 2.45) is 5.41 Å². The Bertz CT molecular complexity index is 234. The molecule has 0 saturated heterocycles. The summed E-state index contributed by atoms with van der Waals surface area (Å²) < 4.78 is 0.